The van der Waals surface area contributed by atoms with Gasteiger partial charge in [0.2, 0.25) is 17.8 Å². The van der Waals surface area contributed by atoms with Gasteiger partial charge < -0.3 is 16.8 Å². The summed E-state index contributed by atoms with van der Waals surface area (Å²) in [6.45, 7) is 5.93. The van der Waals surface area contributed by atoms with Crippen molar-refractivity contribution in [1.29, 1.82) is 0 Å². The molecule has 0 bridgehead atoms. The van der Waals surface area contributed by atoms with E-state index in [0.717, 1.165) is 38.8 Å². The zero-order valence-electron chi connectivity index (χ0n) is 11.3. The quantitative estimate of drug-likeness (QED) is 0.299. The predicted octanol–water partition coefficient (Wildman–Crippen LogP) is -0.390. The molecule has 0 aromatic carbocycles. The molecule has 18 heavy (non-hydrogen) atoms. The number of hydrogen-bond donors (Lipinski definition) is 5. The maximum Gasteiger partial charge on any atom is 0.250 e. The van der Waals surface area contributed by atoms with E-state index in [1.807, 2.05) is 0 Å². The second kappa shape index (κ2) is 7.17. The Kier molecular flexibility index (Phi) is 5.87. The van der Waals surface area contributed by atoms with Gasteiger partial charge in [-0.2, -0.15) is 9.98 Å². The molecular formula is C11H25N7. The molecule has 0 atom stereocenters. The third-order valence-corrected chi connectivity index (χ3v) is 2.65. The van der Waals surface area contributed by atoms with E-state index in [1.54, 1.807) is 0 Å². The molecule has 7 N–H and O–H groups in total. The number of rotatable bonds is 8. The van der Waals surface area contributed by atoms with Gasteiger partial charge in [0.1, 0.15) is 0 Å². The first-order chi connectivity index (χ1) is 8.62. The van der Waals surface area contributed by atoms with Gasteiger partial charge in [-0.25, -0.2) is 0 Å². The number of guanidine groups is 2. The lowest BCUT2D eigenvalue weighted by Gasteiger charge is -2.35. The van der Waals surface area contributed by atoms with E-state index in [2.05, 4.69) is 39.8 Å². The Morgan fingerprint density at radius 3 is 2.11 bits per heavy atom. The standard InChI is InChI=1S/C11H25N7/c1-3-5-7-14-11(15-8-6-4-2)17-9(12)16-10(13)18-11/h14-15H,3-8H2,1-2H3,(H5,12,13,16,17,18). The fraction of sp³-hybridized carbons (Fsp3) is 0.818. The van der Waals surface area contributed by atoms with Gasteiger partial charge in [-0.3, -0.25) is 10.6 Å². The van der Waals surface area contributed by atoms with Crippen LogP contribution in [0.3, 0.4) is 0 Å². The molecule has 104 valence electrons. The molecule has 0 aliphatic carbocycles. The summed E-state index contributed by atoms with van der Waals surface area (Å²) in [5.74, 6) is -0.366. The number of aliphatic imine (C=N–C) groups is 2. The Hall–Kier alpha value is -1.34. The highest BCUT2D eigenvalue weighted by molar-refractivity contribution is 5.95. The summed E-state index contributed by atoms with van der Waals surface area (Å²) in [5, 5.41) is 9.63. The fourth-order valence-corrected chi connectivity index (χ4v) is 1.68. The second-order valence-corrected chi connectivity index (χ2v) is 4.36. The molecule has 0 saturated carbocycles. The maximum atomic E-state index is 5.71. The number of nitrogens with one attached hydrogen (secondary N) is 3. The monoisotopic (exact) mass is 255 g/mol. The molecule has 1 aliphatic heterocycles. The largest absolute Gasteiger partial charge is 0.369 e. The summed E-state index contributed by atoms with van der Waals surface area (Å²) in [6.07, 6.45) is 4.35. The minimum Gasteiger partial charge on any atom is -0.369 e. The van der Waals surface area contributed by atoms with Crippen LogP contribution in [0.15, 0.2) is 9.98 Å². The predicted molar refractivity (Wildman–Crippen MR) is 74.9 cm³/mol. The van der Waals surface area contributed by atoms with Crippen molar-refractivity contribution >= 4 is 11.9 Å². The fourth-order valence-electron chi connectivity index (χ4n) is 1.68. The first kappa shape index (κ1) is 14.7. The van der Waals surface area contributed by atoms with Gasteiger partial charge >= 0.3 is 0 Å². The van der Waals surface area contributed by atoms with Gasteiger partial charge in [0.05, 0.1) is 0 Å². The average Bonchev–Trinajstić information content (AvgIpc) is 2.28. The van der Waals surface area contributed by atoms with E-state index >= 15 is 0 Å². The third kappa shape index (κ3) is 4.50. The maximum absolute atomic E-state index is 5.71. The van der Waals surface area contributed by atoms with Gasteiger partial charge in [0, 0.05) is 13.1 Å². The van der Waals surface area contributed by atoms with E-state index in [4.69, 9.17) is 11.5 Å². The van der Waals surface area contributed by atoms with Crippen molar-refractivity contribution in [2.45, 2.75) is 45.4 Å². The lowest BCUT2D eigenvalue weighted by Crippen LogP contribution is -2.70. The normalized spacial score (nSPS) is 17.9. The van der Waals surface area contributed by atoms with Crippen LogP contribution >= 0.6 is 0 Å². The molecule has 0 saturated heterocycles. The number of hydrogen-bond acceptors (Lipinski definition) is 7. The molecular weight excluding hydrogens is 230 g/mol. The van der Waals surface area contributed by atoms with Crippen LogP contribution in [0.4, 0.5) is 0 Å². The van der Waals surface area contributed by atoms with Crippen LogP contribution in [0.2, 0.25) is 0 Å². The van der Waals surface area contributed by atoms with Crippen LogP contribution in [-0.4, -0.2) is 30.9 Å². The molecule has 0 amide bonds. The molecule has 1 heterocycles. The molecule has 1 rings (SSSR count). The lowest BCUT2D eigenvalue weighted by molar-refractivity contribution is 0.238. The molecule has 7 nitrogen and oxygen atoms in total. The van der Waals surface area contributed by atoms with Crippen molar-refractivity contribution < 1.29 is 0 Å². The zero-order chi connectivity index (χ0) is 13.4. The van der Waals surface area contributed by atoms with Gasteiger partial charge in [0.15, 0.2) is 0 Å². The summed E-state index contributed by atoms with van der Waals surface area (Å²) >= 11 is 0. The van der Waals surface area contributed by atoms with Crippen LogP contribution < -0.4 is 27.4 Å². The highest BCUT2D eigenvalue weighted by Gasteiger charge is 2.31. The van der Waals surface area contributed by atoms with E-state index < -0.39 is 5.91 Å². The van der Waals surface area contributed by atoms with E-state index in [9.17, 15) is 0 Å². The smallest absolute Gasteiger partial charge is 0.250 e. The summed E-state index contributed by atoms with van der Waals surface area (Å²) < 4.78 is 0. The van der Waals surface area contributed by atoms with E-state index in [1.165, 1.54) is 0 Å². The van der Waals surface area contributed by atoms with Crippen molar-refractivity contribution in [2.75, 3.05) is 13.1 Å². The summed E-state index contributed by atoms with van der Waals surface area (Å²) in [4.78, 5) is 8.17. The minimum absolute atomic E-state index is 0.180. The van der Waals surface area contributed by atoms with Crippen molar-refractivity contribution in [3.05, 3.63) is 0 Å². The van der Waals surface area contributed by atoms with Gasteiger partial charge in [-0.05, 0) is 12.8 Å². The number of nitrogens with two attached hydrogens (primary N) is 2. The number of unbranched alkanes of at least 4 members (excludes halogenated alkanes) is 2. The van der Waals surface area contributed by atoms with Crippen LogP contribution in [0.5, 0.6) is 0 Å². The topological polar surface area (TPSA) is 113 Å². The van der Waals surface area contributed by atoms with Gasteiger partial charge in [-0.15, -0.1) is 0 Å². The molecule has 0 radical (unpaired) electrons. The molecule has 0 unspecified atom stereocenters. The lowest BCUT2D eigenvalue weighted by atomic mass is 10.3. The summed E-state index contributed by atoms with van der Waals surface area (Å²) in [6, 6.07) is 0. The van der Waals surface area contributed by atoms with Gasteiger partial charge in [-0.1, -0.05) is 26.7 Å². The first-order valence-electron chi connectivity index (χ1n) is 6.59. The summed E-state index contributed by atoms with van der Waals surface area (Å²) in [5.41, 5.74) is 11.4. The van der Waals surface area contributed by atoms with E-state index in [0.29, 0.717) is 0 Å². The Bertz CT molecular complexity index is 301. The number of nitrogens with zero attached hydrogens (tertiary/aromatic N) is 2. The molecule has 0 aromatic heterocycles. The van der Waals surface area contributed by atoms with Crippen LogP contribution in [0, 0.1) is 0 Å². The van der Waals surface area contributed by atoms with Crippen molar-refractivity contribution in [2.24, 2.45) is 21.5 Å². The SMILES string of the molecule is CCCCNC1(NCCCC)N=C(N)N=C(N)N1. The zero-order valence-corrected chi connectivity index (χ0v) is 11.3. The first-order valence-corrected chi connectivity index (χ1v) is 6.59. The van der Waals surface area contributed by atoms with E-state index in [-0.39, 0.29) is 11.9 Å². The van der Waals surface area contributed by atoms with Crippen molar-refractivity contribution in [3.63, 3.8) is 0 Å². The summed E-state index contributed by atoms with van der Waals surface area (Å²) in [7, 11) is 0. The third-order valence-electron chi connectivity index (χ3n) is 2.65. The van der Waals surface area contributed by atoms with Crippen molar-refractivity contribution in [3.8, 4) is 0 Å². The van der Waals surface area contributed by atoms with Crippen molar-refractivity contribution in [1.82, 2.24) is 16.0 Å². The van der Waals surface area contributed by atoms with Crippen LogP contribution in [0.1, 0.15) is 39.5 Å². The Morgan fingerprint density at radius 1 is 1.11 bits per heavy atom. The molecule has 0 fully saturated rings. The molecule has 0 aromatic rings. The van der Waals surface area contributed by atoms with Gasteiger partial charge in [0.25, 0.3) is 0 Å². The van der Waals surface area contributed by atoms with Crippen LogP contribution in [0.25, 0.3) is 0 Å². The molecule has 7 heteroatoms. The highest BCUT2D eigenvalue weighted by Crippen LogP contribution is 2.04. The Balaban J connectivity index is 2.65. The Labute approximate surface area is 109 Å². The Morgan fingerprint density at radius 2 is 1.67 bits per heavy atom. The molecule has 1 aliphatic rings. The highest BCUT2D eigenvalue weighted by atomic mass is 15.5. The molecule has 0 spiro atoms. The second-order valence-electron chi connectivity index (χ2n) is 4.36. The minimum atomic E-state index is -0.819. The van der Waals surface area contributed by atoms with Crippen LogP contribution in [-0.2, 0) is 0 Å². The average molecular weight is 255 g/mol.